The number of cyclic esters (lactones) is 1. The van der Waals surface area contributed by atoms with Gasteiger partial charge >= 0.3 is 6.09 Å². The van der Waals surface area contributed by atoms with E-state index in [9.17, 15) is 4.79 Å². The molecule has 1 atom stereocenters. The molecule has 5 heteroatoms. The Morgan fingerprint density at radius 2 is 2.00 bits per heavy atom. The van der Waals surface area contributed by atoms with Crippen LogP contribution < -0.4 is 14.8 Å². The van der Waals surface area contributed by atoms with Crippen LogP contribution in [-0.2, 0) is 4.74 Å². The number of hydrogen-bond donors (Lipinski definition) is 1. The van der Waals surface area contributed by atoms with Crippen LogP contribution in [0.15, 0.2) is 18.2 Å². The van der Waals surface area contributed by atoms with Crippen molar-refractivity contribution in [3.63, 3.8) is 0 Å². The van der Waals surface area contributed by atoms with Crippen LogP contribution in [0.3, 0.4) is 0 Å². The second-order valence-electron chi connectivity index (χ2n) is 5.51. The molecule has 102 valence electrons. The molecule has 0 unspecified atom stereocenters. The number of carbonyl (C=O) groups is 1. The van der Waals surface area contributed by atoms with Crippen molar-refractivity contribution in [1.82, 2.24) is 5.32 Å². The predicted molar refractivity (Wildman–Crippen MR) is 68.4 cm³/mol. The lowest BCUT2D eigenvalue weighted by molar-refractivity contribution is 0.0371. The first kappa shape index (κ1) is 12.1. The maximum atomic E-state index is 11.5. The number of alkyl carbamates (subject to hydrolysis) is 1. The van der Waals surface area contributed by atoms with Crippen LogP contribution in [0.2, 0.25) is 0 Å². The fourth-order valence-electron chi connectivity index (χ4n) is 2.51. The number of para-hydroxylation sites is 1. The van der Waals surface area contributed by atoms with Crippen molar-refractivity contribution in [2.75, 3.05) is 19.8 Å². The lowest BCUT2D eigenvalue weighted by Crippen LogP contribution is -2.47. The minimum atomic E-state index is -0.390. The maximum Gasteiger partial charge on any atom is 0.407 e. The molecule has 19 heavy (non-hydrogen) atoms. The lowest BCUT2D eigenvalue weighted by Gasteiger charge is -2.39. The molecule has 0 aliphatic carbocycles. The molecule has 1 aromatic carbocycles. The summed E-state index contributed by atoms with van der Waals surface area (Å²) in [6, 6.07) is 5.61. The summed E-state index contributed by atoms with van der Waals surface area (Å²) >= 11 is 0. The van der Waals surface area contributed by atoms with E-state index in [4.69, 9.17) is 14.2 Å². The van der Waals surface area contributed by atoms with Crippen LogP contribution >= 0.6 is 0 Å². The van der Waals surface area contributed by atoms with Crippen molar-refractivity contribution in [2.24, 2.45) is 5.41 Å². The summed E-state index contributed by atoms with van der Waals surface area (Å²) in [5.41, 5.74) is 0.739. The van der Waals surface area contributed by atoms with Gasteiger partial charge in [-0.15, -0.1) is 0 Å². The quantitative estimate of drug-likeness (QED) is 0.844. The number of benzene rings is 1. The fraction of sp³-hybridized carbons (Fsp3) is 0.500. The molecule has 0 radical (unpaired) electrons. The monoisotopic (exact) mass is 263 g/mol. The van der Waals surface area contributed by atoms with Crippen LogP contribution in [0.25, 0.3) is 0 Å². The first-order chi connectivity index (χ1) is 9.08. The average Bonchev–Trinajstić information content (AvgIpc) is 2.41. The van der Waals surface area contributed by atoms with E-state index in [1.807, 2.05) is 18.2 Å². The van der Waals surface area contributed by atoms with Gasteiger partial charge in [0.1, 0.15) is 19.8 Å². The Kier molecular flexibility index (Phi) is 2.77. The molecule has 0 bridgehead atoms. The predicted octanol–water partition coefficient (Wildman–Crippen LogP) is 2.26. The van der Waals surface area contributed by atoms with Gasteiger partial charge in [-0.2, -0.15) is 0 Å². The van der Waals surface area contributed by atoms with Gasteiger partial charge in [0.2, 0.25) is 0 Å². The Bertz CT molecular complexity index is 512. The molecule has 1 amide bonds. The van der Waals surface area contributed by atoms with Crippen LogP contribution in [0.4, 0.5) is 4.79 Å². The Morgan fingerprint density at radius 1 is 1.21 bits per heavy atom. The standard InChI is InChI=1S/C14H17NO4/c1-14(2)8-19-13(16)15-12(14)9-4-3-5-10-11(9)18-7-6-17-10/h3-5,12H,6-8H2,1-2H3,(H,15,16)/t12-/m0/s1. The molecule has 2 heterocycles. The second kappa shape index (κ2) is 4.33. The molecule has 3 rings (SSSR count). The van der Waals surface area contributed by atoms with Crippen LogP contribution in [0, 0.1) is 5.41 Å². The van der Waals surface area contributed by atoms with E-state index in [1.54, 1.807) is 0 Å². The average molecular weight is 263 g/mol. The number of hydrogen-bond acceptors (Lipinski definition) is 4. The minimum absolute atomic E-state index is 0.148. The highest BCUT2D eigenvalue weighted by Gasteiger charge is 2.40. The summed E-state index contributed by atoms with van der Waals surface area (Å²) < 4.78 is 16.4. The zero-order valence-corrected chi connectivity index (χ0v) is 11.1. The zero-order chi connectivity index (χ0) is 13.5. The fourth-order valence-corrected chi connectivity index (χ4v) is 2.51. The molecule has 0 aromatic heterocycles. The highest BCUT2D eigenvalue weighted by Crippen LogP contribution is 2.44. The molecule has 1 saturated heterocycles. The first-order valence-electron chi connectivity index (χ1n) is 6.40. The molecule has 0 spiro atoms. The Balaban J connectivity index is 2.03. The Hall–Kier alpha value is -1.91. The van der Waals surface area contributed by atoms with Gasteiger partial charge in [0.05, 0.1) is 6.04 Å². The number of fused-ring (bicyclic) bond motifs is 1. The van der Waals surface area contributed by atoms with Crippen LogP contribution in [-0.4, -0.2) is 25.9 Å². The molecule has 2 aliphatic rings. The van der Waals surface area contributed by atoms with E-state index in [0.29, 0.717) is 19.8 Å². The van der Waals surface area contributed by atoms with Crippen molar-refractivity contribution in [3.05, 3.63) is 23.8 Å². The molecule has 0 saturated carbocycles. The summed E-state index contributed by atoms with van der Waals surface area (Å²) in [5.74, 6) is 1.47. The second-order valence-corrected chi connectivity index (χ2v) is 5.51. The van der Waals surface area contributed by atoms with Crippen LogP contribution in [0.5, 0.6) is 11.5 Å². The normalized spacial score (nSPS) is 24.3. The SMILES string of the molecule is CC1(C)COC(=O)N[C@H]1c1cccc2c1OCCO2. The van der Waals surface area contributed by atoms with Gasteiger partial charge in [0.25, 0.3) is 0 Å². The van der Waals surface area contributed by atoms with E-state index in [2.05, 4.69) is 19.2 Å². The van der Waals surface area contributed by atoms with Gasteiger partial charge < -0.3 is 19.5 Å². The molecular formula is C14H17NO4. The summed E-state index contributed by atoms with van der Waals surface area (Å²) in [6.45, 7) is 5.58. The van der Waals surface area contributed by atoms with Crippen molar-refractivity contribution in [1.29, 1.82) is 0 Å². The number of ether oxygens (including phenoxy) is 3. The summed E-state index contributed by atoms with van der Waals surface area (Å²) in [6.07, 6.45) is -0.390. The Labute approximate surface area is 111 Å². The third-order valence-corrected chi connectivity index (χ3v) is 3.53. The van der Waals surface area contributed by atoms with E-state index < -0.39 is 6.09 Å². The van der Waals surface area contributed by atoms with Gasteiger partial charge in [-0.25, -0.2) is 4.79 Å². The van der Waals surface area contributed by atoms with E-state index in [1.165, 1.54) is 0 Å². The van der Waals surface area contributed by atoms with Crippen molar-refractivity contribution < 1.29 is 19.0 Å². The molecule has 1 N–H and O–H groups in total. The highest BCUT2D eigenvalue weighted by atomic mass is 16.6. The van der Waals surface area contributed by atoms with E-state index >= 15 is 0 Å². The smallest absolute Gasteiger partial charge is 0.407 e. The molecule has 1 fully saturated rings. The van der Waals surface area contributed by atoms with Crippen LogP contribution in [0.1, 0.15) is 25.5 Å². The lowest BCUT2D eigenvalue weighted by atomic mass is 9.80. The number of rotatable bonds is 1. The Morgan fingerprint density at radius 3 is 2.84 bits per heavy atom. The largest absolute Gasteiger partial charge is 0.486 e. The van der Waals surface area contributed by atoms with Gasteiger partial charge in [0, 0.05) is 11.0 Å². The topological polar surface area (TPSA) is 56.8 Å². The van der Waals surface area contributed by atoms with Crippen molar-refractivity contribution >= 4 is 6.09 Å². The van der Waals surface area contributed by atoms with Crippen molar-refractivity contribution in [3.8, 4) is 11.5 Å². The molecule has 2 aliphatic heterocycles. The minimum Gasteiger partial charge on any atom is -0.486 e. The maximum absolute atomic E-state index is 11.5. The number of amides is 1. The molecule has 5 nitrogen and oxygen atoms in total. The van der Waals surface area contributed by atoms with Gasteiger partial charge in [-0.05, 0) is 6.07 Å². The third kappa shape index (κ3) is 2.09. The van der Waals surface area contributed by atoms with E-state index in [-0.39, 0.29) is 11.5 Å². The van der Waals surface area contributed by atoms with Gasteiger partial charge in [0.15, 0.2) is 11.5 Å². The van der Waals surface area contributed by atoms with E-state index in [0.717, 1.165) is 17.1 Å². The highest BCUT2D eigenvalue weighted by molar-refractivity contribution is 5.69. The number of carbonyl (C=O) groups excluding carboxylic acids is 1. The van der Waals surface area contributed by atoms with Crippen molar-refractivity contribution in [2.45, 2.75) is 19.9 Å². The zero-order valence-electron chi connectivity index (χ0n) is 11.1. The summed E-state index contributed by atoms with van der Waals surface area (Å²) in [7, 11) is 0. The molecular weight excluding hydrogens is 246 g/mol. The first-order valence-corrected chi connectivity index (χ1v) is 6.40. The summed E-state index contributed by atoms with van der Waals surface area (Å²) in [4.78, 5) is 11.5. The number of nitrogens with one attached hydrogen (secondary N) is 1. The summed E-state index contributed by atoms with van der Waals surface area (Å²) in [5, 5.41) is 2.88. The van der Waals surface area contributed by atoms with Gasteiger partial charge in [-0.3, -0.25) is 0 Å². The third-order valence-electron chi connectivity index (χ3n) is 3.53. The molecule has 1 aromatic rings. The van der Waals surface area contributed by atoms with Gasteiger partial charge in [-0.1, -0.05) is 26.0 Å².